The highest BCUT2D eigenvalue weighted by atomic mass is 35.5. The molecule has 0 aliphatic rings. The van der Waals surface area contributed by atoms with E-state index in [2.05, 4.69) is 9.97 Å². The maximum Gasteiger partial charge on any atom is 0.350 e. The predicted octanol–water partition coefficient (Wildman–Crippen LogP) is 1.77. The number of aromatic nitrogens is 3. The monoisotopic (exact) mass is 247 g/mol. The molecular weight excluding hydrogens is 244 g/mol. The third-order valence-corrected chi connectivity index (χ3v) is 2.49. The van der Waals surface area contributed by atoms with Crippen molar-refractivity contribution in [2.75, 3.05) is 0 Å². The summed E-state index contributed by atoms with van der Waals surface area (Å²) in [6.45, 7) is 0. The van der Waals surface area contributed by atoms with Crippen LogP contribution in [0.15, 0.2) is 10.9 Å². The van der Waals surface area contributed by atoms with Crippen molar-refractivity contribution in [3.63, 3.8) is 0 Å². The summed E-state index contributed by atoms with van der Waals surface area (Å²) in [7, 11) is 1.45. The summed E-state index contributed by atoms with van der Waals surface area (Å²) in [5, 5.41) is -0.142. The fraction of sp³-hybridized carbons (Fsp3) is 0.125. The maximum atomic E-state index is 13.1. The van der Waals surface area contributed by atoms with Crippen molar-refractivity contribution in [1.29, 1.82) is 0 Å². The van der Waals surface area contributed by atoms with Crippen LogP contribution in [0.25, 0.3) is 11.0 Å². The Hall–Kier alpha value is -1.20. The zero-order valence-electron chi connectivity index (χ0n) is 7.46. The molecule has 0 aromatic carbocycles. The Kier molecular flexibility index (Phi) is 2.36. The van der Waals surface area contributed by atoms with E-state index in [9.17, 15) is 9.18 Å². The van der Waals surface area contributed by atoms with E-state index in [1.54, 1.807) is 0 Å². The number of hydrogen-bond acceptors (Lipinski definition) is 3. The Labute approximate surface area is 93.3 Å². The van der Waals surface area contributed by atoms with Crippen molar-refractivity contribution in [3.8, 4) is 0 Å². The molecule has 0 aliphatic heterocycles. The largest absolute Gasteiger partial charge is 0.350 e. The lowest BCUT2D eigenvalue weighted by Gasteiger charge is -2.04. The van der Waals surface area contributed by atoms with Gasteiger partial charge in [0.05, 0.1) is 5.39 Å². The Morgan fingerprint density at radius 2 is 2.00 bits per heavy atom. The van der Waals surface area contributed by atoms with E-state index in [0.29, 0.717) is 0 Å². The Bertz CT molecular complexity index is 611. The SMILES string of the molecule is Cn1c(=O)nc(Cl)c2cc(F)c(Cl)nc21. The van der Waals surface area contributed by atoms with Crippen molar-refractivity contribution in [2.24, 2.45) is 7.05 Å². The summed E-state index contributed by atoms with van der Waals surface area (Å²) in [5.74, 6) is -0.702. The first-order chi connectivity index (χ1) is 7.00. The summed E-state index contributed by atoms with van der Waals surface area (Å²) in [6.07, 6.45) is 0. The first-order valence-corrected chi connectivity index (χ1v) is 4.64. The molecule has 0 atom stereocenters. The smallest absolute Gasteiger partial charge is 0.279 e. The van der Waals surface area contributed by atoms with Crippen LogP contribution in [0.1, 0.15) is 0 Å². The molecule has 7 heteroatoms. The van der Waals surface area contributed by atoms with Gasteiger partial charge in [-0.3, -0.25) is 4.57 Å². The molecule has 0 N–H and O–H groups in total. The minimum atomic E-state index is -0.702. The summed E-state index contributed by atoms with van der Waals surface area (Å²) in [5.41, 5.74) is -0.367. The number of fused-ring (bicyclic) bond motifs is 1. The fourth-order valence-corrected chi connectivity index (χ4v) is 1.52. The van der Waals surface area contributed by atoms with Gasteiger partial charge in [-0.05, 0) is 6.07 Å². The topological polar surface area (TPSA) is 47.8 Å². The lowest BCUT2D eigenvalue weighted by atomic mass is 10.3. The van der Waals surface area contributed by atoms with Gasteiger partial charge in [0.25, 0.3) is 0 Å². The molecule has 0 saturated heterocycles. The molecule has 0 spiro atoms. The molecule has 2 aromatic heterocycles. The fourth-order valence-electron chi connectivity index (χ4n) is 1.17. The van der Waals surface area contributed by atoms with E-state index in [4.69, 9.17) is 23.2 Å². The minimum absolute atomic E-state index is 0.0869. The highest BCUT2D eigenvalue weighted by molar-refractivity contribution is 6.34. The lowest BCUT2D eigenvalue weighted by Crippen LogP contribution is -2.21. The average molecular weight is 248 g/mol. The molecule has 0 amide bonds. The quantitative estimate of drug-likeness (QED) is 0.527. The number of hydrogen-bond donors (Lipinski definition) is 0. The standard InChI is InChI=1S/C8H4Cl2FN3O/c1-14-7-3(5(9)13-8(14)15)2-4(11)6(10)12-7/h2H,1H3. The van der Waals surface area contributed by atoms with Crippen LogP contribution in [0.4, 0.5) is 4.39 Å². The molecule has 4 nitrogen and oxygen atoms in total. The molecule has 78 valence electrons. The molecule has 2 rings (SSSR count). The van der Waals surface area contributed by atoms with Crippen LogP contribution in [0.3, 0.4) is 0 Å². The molecule has 2 heterocycles. The highest BCUT2D eigenvalue weighted by Crippen LogP contribution is 2.22. The Balaban J connectivity index is 3.04. The first-order valence-electron chi connectivity index (χ1n) is 3.89. The second-order valence-corrected chi connectivity index (χ2v) is 3.59. The van der Waals surface area contributed by atoms with Gasteiger partial charge in [0.1, 0.15) is 10.8 Å². The number of aryl methyl sites for hydroxylation is 1. The van der Waals surface area contributed by atoms with Gasteiger partial charge >= 0.3 is 5.69 Å². The first kappa shape index (κ1) is 10.3. The molecular formula is C8H4Cl2FN3O. The van der Waals surface area contributed by atoms with E-state index < -0.39 is 11.5 Å². The van der Waals surface area contributed by atoms with E-state index in [0.717, 1.165) is 10.6 Å². The molecule has 0 radical (unpaired) electrons. The van der Waals surface area contributed by atoms with Crippen LogP contribution >= 0.6 is 23.2 Å². The van der Waals surface area contributed by atoms with Gasteiger partial charge < -0.3 is 0 Å². The Morgan fingerprint density at radius 3 is 2.67 bits per heavy atom. The number of pyridine rings is 1. The summed E-state index contributed by atoms with van der Waals surface area (Å²) in [6, 6.07) is 1.10. The van der Waals surface area contributed by atoms with Crippen molar-refractivity contribution < 1.29 is 4.39 Å². The van der Waals surface area contributed by atoms with Crippen molar-refractivity contribution in [1.82, 2.24) is 14.5 Å². The third-order valence-electron chi connectivity index (χ3n) is 1.93. The van der Waals surface area contributed by atoms with Crippen molar-refractivity contribution >= 4 is 34.2 Å². The van der Waals surface area contributed by atoms with Gasteiger partial charge in [0.15, 0.2) is 11.0 Å². The average Bonchev–Trinajstić information content (AvgIpc) is 2.18. The van der Waals surface area contributed by atoms with Gasteiger partial charge in [-0.2, -0.15) is 4.98 Å². The van der Waals surface area contributed by atoms with Crippen LogP contribution in [0.2, 0.25) is 10.3 Å². The molecule has 0 bridgehead atoms. The summed E-state index contributed by atoms with van der Waals surface area (Å²) >= 11 is 11.2. The van der Waals surface area contributed by atoms with Crippen LogP contribution in [-0.2, 0) is 7.05 Å². The number of halogens is 3. The van der Waals surface area contributed by atoms with Gasteiger partial charge in [-0.25, -0.2) is 14.2 Å². The van der Waals surface area contributed by atoms with Crippen LogP contribution < -0.4 is 5.69 Å². The molecule has 0 saturated carbocycles. The van der Waals surface area contributed by atoms with Crippen LogP contribution in [0, 0.1) is 5.82 Å². The second kappa shape index (κ2) is 3.43. The third kappa shape index (κ3) is 1.57. The summed E-state index contributed by atoms with van der Waals surface area (Å²) < 4.78 is 14.2. The van der Waals surface area contributed by atoms with Crippen molar-refractivity contribution in [3.05, 3.63) is 32.7 Å². The van der Waals surface area contributed by atoms with E-state index >= 15 is 0 Å². The lowest BCUT2D eigenvalue weighted by molar-refractivity contribution is 0.623. The van der Waals surface area contributed by atoms with E-state index in [-0.39, 0.29) is 21.3 Å². The zero-order valence-corrected chi connectivity index (χ0v) is 8.97. The van der Waals surface area contributed by atoms with Gasteiger partial charge in [-0.15, -0.1) is 0 Å². The minimum Gasteiger partial charge on any atom is -0.279 e. The van der Waals surface area contributed by atoms with Gasteiger partial charge in [0, 0.05) is 7.05 Å². The Morgan fingerprint density at radius 1 is 1.33 bits per heavy atom. The van der Waals surface area contributed by atoms with E-state index in [1.807, 2.05) is 0 Å². The molecule has 0 fully saturated rings. The molecule has 2 aromatic rings. The normalized spacial score (nSPS) is 10.9. The number of rotatable bonds is 0. The number of nitrogens with zero attached hydrogens (tertiary/aromatic N) is 3. The van der Waals surface area contributed by atoms with Gasteiger partial charge in [0.2, 0.25) is 0 Å². The van der Waals surface area contributed by atoms with E-state index in [1.165, 1.54) is 7.05 Å². The van der Waals surface area contributed by atoms with Crippen LogP contribution in [-0.4, -0.2) is 14.5 Å². The molecule has 15 heavy (non-hydrogen) atoms. The second-order valence-electron chi connectivity index (χ2n) is 2.88. The highest BCUT2D eigenvalue weighted by Gasteiger charge is 2.11. The molecule has 0 aliphatic carbocycles. The summed E-state index contributed by atoms with van der Waals surface area (Å²) in [4.78, 5) is 18.5. The predicted molar refractivity (Wildman–Crippen MR) is 54.8 cm³/mol. The zero-order chi connectivity index (χ0) is 11.2. The maximum absolute atomic E-state index is 13.1. The molecule has 0 unspecified atom stereocenters. The van der Waals surface area contributed by atoms with Crippen molar-refractivity contribution in [2.45, 2.75) is 0 Å². The van der Waals surface area contributed by atoms with Gasteiger partial charge in [-0.1, -0.05) is 23.2 Å². The van der Waals surface area contributed by atoms with Crippen LogP contribution in [0.5, 0.6) is 0 Å².